The zero-order valence-corrected chi connectivity index (χ0v) is 10.8. The molecule has 5 heteroatoms. The summed E-state index contributed by atoms with van der Waals surface area (Å²) in [4.78, 5) is 23.7. The van der Waals surface area contributed by atoms with E-state index in [4.69, 9.17) is 0 Å². The fourth-order valence-electron chi connectivity index (χ4n) is 1.84. The van der Waals surface area contributed by atoms with Crippen molar-refractivity contribution in [3.8, 4) is 0 Å². The number of amides is 1. The highest BCUT2D eigenvalue weighted by Gasteiger charge is 2.25. The minimum atomic E-state index is -1.11. The van der Waals surface area contributed by atoms with Crippen LogP contribution in [0.4, 0.5) is 0 Å². The molecule has 0 saturated carbocycles. The van der Waals surface area contributed by atoms with Crippen molar-refractivity contribution in [2.24, 2.45) is 0 Å². The van der Waals surface area contributed by atoms with Crippen molar-refractivity contribution >= 4 is 11.9 Å². The third kappa shape index (κ3) is 5.70. The van der Waals surface area contributed by atoms with E-state index in [0.29, 0.717) is 17.6 Å². The number of aliphatic carboxylic acids is 1. The average molecular weight is 230 g/mol. The van der Waals surface area contributed by atoms with E-state index in [2.05, 4.69) is 0 Å². The molecule has 94 valence electrons. The summed E-state index contributed by atoms with van der Waals surface area (Å²) >= 11 is 0. The maximum atomic E-state index is 11.4. The Labute approximate surface area is 97.2 Å². The zero-order chi connectivity index (χ0) is 12.9. The van der Waals surface area contributed by atoms with Crippen molar-refractivity contribution in [2.45, 2.75) is 26.3 Å². The first-order valence-corrected chi connectivity index (χ1v) is 5.45. The largest absolute Gasteiger partial charge is 0.550 e. The summed E-state index contributed by atoms with van der Waals surface area (Å²) in [5.41, 5.74) is 0. The normalized spacial score (nSPS) is 13.3. The molecular weight excluding hydrogens is 208 g/mol. The van der Waals surface area contributed by atoms with E-state index in [0.717, 1.165) is 0 Å². The Morgan fingerprint density at radius 3 is 2.06 bits per heavy atom. The van der Waals surface area contributed by atoms with Crippen LogP contribution in [0.1, 0.15) is 20.3 Å². The van der Waals surface area contributed by atoms with E-state index in [1.807, 2.05) is 28.1 Å². The summed E-state index contributed by atoms with van der Waals surface area (Å²) < 4.78 is 0.613. The first-order chi connectivity index (χ1) is 7.17. The standard InChI is InChI=1S/C11H22N2O3/c1-6-12(9(2)14)10(7-11(15)16)8-13(3,4)5/h10H,6-8H2,1-5H3. The topological polar surface area (TPSA) is 60.4 Å². The van der Waals surface area contributed by atoms with Gasteiger partial charge in [-0.2, -0.15) is 0 Å². The van der Waals surface area contributed by atoms with Gasteiger partial charge in [0.1, 0.15) is 0 Å². The van der Waals surface area contributed by atoms with Crippen molar-refractivity contribution in [2.75, 3.05) is 34.2 Å². The number of rotatable bonds is 6. The monoisotopic (exact) mass is 230 g/mol. The van der Waals surface area contributed by atoms with Gasteiger partial charge < -0.3 is 19.3 Å². The molecule has 5 nitrogen and oxygen atoms in total. The molecule has 0 aromatic heterocycles. The van der Waals surface area contributed by atoms with Gasteiger partial charge in [0, 0.05) is 25.9 Å². The molecule has 0 saturated heterocycles. The Morgan fingerprint density at radius 1 is 1.31 bits per heavy atom. The van der Waals surface area contributed by atoms with E-state index in [-0.39, 0.29) is 18.4 Å². The van der Waals surface area contributed by atoms with Crippen molar-refractivity contribution in [3.05, 3.63) is 0 Å². The van der Waals surface area contributed by atoms with Crippen LogP contribution in [0.25, 0.3) is 0 Å². The van der Waals surface area contributed by atoms with E-state index < -0.39 is 5.97 Å². The molecule has 0 radical (unpaired) electrons. The third-order valence-electron chi connectivity index (χ3n) is 2.35. The second kappa shape index (κ2) is 5.84. The molecule has 1 unspecified atom stereocenters. The summed E-state index contributed by atoms with van der Waals surface area (Å²) in [5.74, 6) is -1.21. The first kappa shape index (κ1) is 14.9. The Balaban J connectivity index is 4.76. The minimum absolute atomic E-state index is 0.0952. The molecule has 0 aliphatic heterocycles. The fourth-order valence-corrected chi connectivity index (χ4v) is 1.84. The molecule has 0 bridgehead atoms. The predicted octanol–water partition coefficient (Wildman–Crippen LogP) is -0.930. The Morgan fingerprint density at radius 2 is 1.81 bits per heavy atom. The highest BCUT2D eigenvalue weighted by Crippen LogP contribution is 2.08. The summed E-state index contributed by atoms with van der Waals surface area (Å²) in [6.45, 7) is 4.43. The van der Waals surface area contributed by atoms with Crippen LogP contribution in [0.2, 0.25) is 0 Å². The molecule has 0 N–H and O–H groups in total. The van der Waals surface area contributed by atoms with Crippen LogP contribution in [0.3, 0.4) is 0 Å². The molecule has 1 atom stereocenters. The van der Waals surface area contributed by atoms with Gasteiger partial charge in [0.2, 0.25) is 5.91 Å². The Hall–Kier alpha value is -1.10. The SMILES string of the molecule is CCN(C(C)=O)C(CC(=O)[O-])C[N+](C)(C)C. The van der Waals surface area contributed by atoms with Crippen LogP contribution in [-0.2, 0) is 9.59 Å². The zero-order valence-electron chi connectivity index (χ0n) is 10.8. The van der Waals surface area contributed by atoms with Gasteiger partial charge in [-0.15, -0.1) is 0 Å². The fraction of sp³-hybridized carbons (Fsp3) is 0.818. The smallest absolute Gasteiger partial charge is 0.219 e. The molecular formula is C11H22N2O3. The van der Waals surface area contributed by atoms with Gasteiger partial charge in [0.25, 0.3) is 0 Å². The van der Waals surface area contributed by atoms with Gasteiger partial charge in [0.05, 0.1) is 33.7 Å². The van der Waals surface area contributed by atoms with Crippen molar-refractivity contribution in [1.82, 2.24) is 4.90 Å². The molecule has 0 spiro atoms. The van der Waals surface area contributed by atoms with E-state index in [1.165, 1.54) is 6.92 Å². The van der Waals surface area contributed by atoms with Crippen molar-refractivity contribution < 1.29 is 19.2 Å². The number of carbonyl (C=O) groups excluding carboxylic acids is 2. The van der Waals surface area contributed by atoms with Gasteiger partial charge in [-0.1, -0.05) is 0 Å². The minimum Gasteiger partial charge on any atom is -0.550 e. The molecule has 1 amide bonds. The maximum absolute atomic E-state index is 11.4. The van der Waals surface area contributed by atoms with Gasteiger partial charge in [-0.3, -0.25) is 4.79 Å². The second-order valence-electron chi connectivity index (χ2n) is 5.01. The second-order valence-corrected chi connectivity index (χ2v) is 5.01. The van der Waals surface area contributed by atoms with E-state index in [1.54, 1.807) is 4.90 Å². The van der Waals surface area contributed by atoms with Gasteiger partial charge in [-0.25, -0.2) is 0 Å². The number of hydrogen-bond donors (Lipinski definition) is 0. The number of carbonyl (C=O) groups is 2. The van der Waals surface area contributed by atoms with Crippen LogP contribution in [0.5, 0.6) is 0 Å². The molecule has 0 aromatic rings. The third-order valence-corrected chi connectivity index (χ3v) is 2.35. The molecule has 16 heavy (non-hydrogen) atoms. The highest BCUT2D eigenvalue weighted by molar-refractivity contribution is 5.74. The number of carboxylic acids is 1. The lowest BCUT2D eigenvalue weighted by molar-refractivity contribution is -0.872. The van der Waals surface area contributed by atoms with Crippen LogP contribution >= 0.6 is 0 Å². The number of carboxylic acid groups (broad SMARTS) is 1. The van der Waals surface area contributed by atoms with E-state index in [9.17, 15) is 14.7 Å². The van der Waals surface area contributed by atoms with E-state index >= 15 is 0 Å². The lowest BCUT2D eigenvalue weighted by Crippen LogP contribution is -2.52. The Bertz CT molecular complexity index is 258. The first-order valence-electron chi connectivity index (χ1n) is 5.45. The predicted molar refractivity (Wildman–Crippen MR) is 59.4 cm³/mol. The summed E-state index contributed by atoms with van der Waals surface area (Å²) in [7, 11) is 5.91. The van der Waals surface area contributed by atoms with Crippen molar-refractivity contribution in [1.29, 1.82) is 0 Å². The molecule has 0 aliphatic rings. The summed E-state index contributed by atoms with van der Waals surface area (Å²) in [5, 5.41) is 10.7. The van der Waals surface area contributed by atoms with Gasteiger partial charge >= 0.3 is 0 Å². The van der Waals surface area contributed by atoms with Gasteiger partial charge in [-0.05, 0) is 6.92 Å². The van der Waals surface area contributed by atoms with Crippen LogP contribution < -0.4 is 5.11 Å². The van der Waals surface area contributed by atoms with Crippen molar-refractivity contribution in [3.63, 3.8) is 0 Å². The maximum Gasteiger partial charge on any atom is 0.219 e. The lowest BCUT2D eigenvalue weighted by Gasteiger charge is -2.35. The van der Waals surface area contributed by atoms with Crippen LogP contribution in [0, 0.1) is 0 Å². The molecule has 0 aromatic carbocycles. The number of quaternary nitrogens is 1. The highest BCUT2D eigenvalue weighted by atomic mass is 16.4. The number of nitrogens with zero attached hydrogens (tertiary/aromatic N) is 2. The lowest BCUT2D eigenvalue weighted by atomic mass is 10.1. The Kier molecular flexibility index (Phi) is 5.44. The molecule has 0 fully saturated rings. The van der Waals surface area contributed by atoms with Crippen LogP contribution in [-0.4, -0.2) is 61.5 Å². The molecule has 0 aliphatic carbocycles. The number of hydrogen-bond acceptors (Lipinski definition) is 3. The summed E-state index contributed by atoms with van der Waals surface area (Å²) in [6, 6.07) is -0.299. The number of likely N-dealkylation sites (N-methyl/N-ethyl adjacent to an activating group) is 2. The average Bonchev–Trinajstić information content (AvgIpc) is 1.99. The molecule has 0 rings (SSSR count). The van der Waals surface area contributed by atoms with Crippen LogP contribution in [0.15, 0.2) is 0 Å². The molecule has 0 heterocycles. The summed E-state index contributed by atoms with van der Waals surface area (Å²) in [6.07, 6.45) is -0.108. The quantitative estimate of drug-likeness (QED) is 0.554. The van der Waals surface area contributed by atoms with Gasteiger partial charge in [0.15, 0.2) is 0 Å².